The molecule has 0 radical (unpaired) electrons. The Balaban J connectivity index is 1.82. The molecular formula is C17H11N3O4. The number of rotatable bonds is 2. The SMILES string of the molecule is Cc1nnc(-c2cc(N3C(=O)c4ccccc4C3=O)ccc2O)o1. The first-order valence-corrected chi connectivity index (χ1v) is 7.17. The average molecular weight is 321 g/mol. The molecule has 0 unspecified atom stereocenters. The first kappa shape index (κ1) is 14.1. The quantitative estimate of drug-likeness (QED) is 0.729. The predicted molar refractivity (Wildman–Crippen MR) is 83.7 cm³/mol. The second-order valence-electron chi connectivity index (χ2n) is 5.32. The maximum absolute atomic E-state index is 12.5. The van der Waals surface area contributed by atoms with E-state index in [2.05, 4.69) is 10.2 Å². The van der Waals surface area contributed by atoms with Gasteiger partial charge in [-0.05, 0) is 30.3 Å². The molecular weight excluding hydrogens is 310 g/mol. The molecule has 0 atom stereocenters. The number of benzene rings is 2. The van der Waals surface area contributed by atoms with Crippen LogP contribution in [0.5, 0.6) is 5.75 Å². The molecule has 7 nitrogen and oxygen atoms in total. The van der Waals surface area contributed by atoms with E-state index in [1.165, 1.54) is 18.2 Å². The summed E-state index contributed by atoms with van der Waals surface area (Å²) in [6, 6.07) is 11.0. The predicted octanol–water partition coefficient (Wildman–Crippen LogP) is 2.55. The van der Waals surface area contributed by atoms with Crippen LogP contribution in [-0.2, 0) is 0 Å². The molecule has 0 bridgehead atoms. The topological polar surface area (TPSA) is 96.5 Å². The lowest BCUT2D eigenvalue weighted by atomic mass is 10.1. The number of carbonyl (C=O) groups excluding carboxylic acids is 2. The normalized spacial score (nSPS) is 13.5. The van der Waals surface area contributed by atoms with Crippen LogP contribution in [0.15, 0.2) is 46.9 Å². The number of fused-ring (bicyclic) bond motifs is 1. The Hall–Kier alpha value is -3.48. The molecule has 24 heavy (non-hydrogen) atoms. The highest BCUT2D eigenvalue weighted by Crippen LogP contribution is 2.35. The van der Waals surface area contributed by atoms with E-state index in [-0.39, 0.29) is 17.2 Å². The summed E-state index contributed by atoms with van der Waals surface area (Å²) in [6.45, 7) is 1.63. The molecule has 1 aliphatic heterocycles. The summed E-state index contributed by atoms with van der Waals surface area (Å²) in [4.78, 5) is 26.1. The molecule has 1 aliphatic rings. The maximum Gasteiger partial charge on any atom is 0.266 e. The third kappa shape index (κ3) is 1.98. The highest BCUT2D eigenvalue weighted by Gasteiger charge is 2.36. The lowest BCUT2D eigenvalue weighted by Gasteiger charge is -2.15. The second kappa shape index (κ2) is 5.02. The van der Waals surface area contributed by atoms with Crippen molar-refractivity contribution in [1.82, 2.24) is 10.2 Å². The Morgan fingerprint density at radius 2 is 1.62 bits per heavy atom. The zero-order valence-corrected chi connectivity index (χ0v) is 12.6. The number of anilines is 1. The average Bonchev–Trinajstić information content (AvgIpc) is 3.12. The van der Waals surface area contributed by atoms with Gasteiger partial charge in [0.2, 0.25) is 5.89 Å². The largest absolute Gasteiger partial charge is 0.507 e. The summed E-state index contributed by atoms with van der Waals surface area (Å²) < 4.78 is 5.31. The van der Waals surface area contributed by atoms with Crippen molar-refractivity contribution in [2.75, 3.05) is 4.90 Å². The van der Waals surface area contributed by atoms with Crippen molar-refractivity contribution in [3.63, 3.8) is 0 Å². The van der Waals surface area contributed by atoms with Crippen molar-refractivity contribution in [3.05, 3.63) is 59.5 Å². The molecule has 2 amide bonds. The van der Waals surface area contributed by atoms with Crippen molar-refractivity contribution < 1.29 is 19.1 Å². The molecule has 0 aliphatic carbocycles. The zero-order valence-electron chi connectivity index (χ0n) is 12.6. The molecule has 1 aromatic heterocycles. The van der Waals surface area contributed by atoms with E-state index >= 15 is 0 Å². The van der Waals surface area contributed by atoms with Crippen LogP contribution in [0.3, 0.4) is 0 Å². The standard InChI is InChI=1S/C17H11N3O4/c1-9-18-19-15(24-9)13-8-10(6-7-14(13)21)20-16(22)11-4-2-3-5-12(11)17(20)23/h2-8,21H,1H3. The van der Waals surface area contributed by atoms with Crippen molar-refractivity contribution >= 4 is 17.5 Å². The van der Waals surface area contributed by atoms with Crippen molar-refractivity contribution in [2.45, 2.75) is 6.92 Å². The number of carbonyl (C=O) groups is 2. The molecule has 2 heterocycles. The number of phenolic OH excluding ortho intramolecular Hbond substituents is 1. The van der Waals surface area contributed by atoms with E-state index in [9.17, 15) is 14.7 Å². The van der Waals surface area contributed by atoms with E-state index in [0.717, 1.165) is 4.90 Å². The summed E-state index contributed by atoms with van der Waals surface area (Å²) in [5, 5.41) is 17.6. The van der Waals surface area contributed by atoms with Gasteiger partial charge >= 0.3 is 0 Å². The van der Waals surface area contributed by atoms with Gasteiger partial charge in [0.15, 0.2) is 0 Å². The van der Waals surface area contributed by atoms with Gasteiger partial charge in [0.05, 0.1) is 22.4 Å². The van der Waals surface area contributed by atoms with Crippen LogP contribution in [0.2, 0.25) is 0 Å². The third-order valence-corrected chi connectivity index (χ3v) is 3.79. The summed E-state index contributed by atoms with van der Waals surface area (Å²) >= 11 is 0. The van der Waals surface area contributed by atoms with Crippen LogP contribution < -0.4 is 4.90 Å². The summed E-state index contributed by atoms with van der Waals surface area (Å²) in [5.41, 5.74) is 1.28. The van der Waals surface area contributed by atoms with Gasteiger partial charge < -0.3 is 9.52 Å². The van der Waals surface area contributed by atoms with Crippen molar-refractivity contribution in [1.29, 1.82) is 0 Å². The fraction of sp³-hybridized carbons (Fsp3) is 0.0588. The Bertz CT molecular complexity index is 958. The monoisotopic (exact) mass is 321 g/mol. The highest BCUT2D eigenvalue weighted by atomic mass is 16.4. The Labute approximate surface area is 136 Å². The number of hydrogen-bond acceptors (Lipinski definition) is 6. The number of aryl methyl sites for hydroxylation is 1. The number of imide groups is 1. The maximum atomic E-state index is 12.5. The molecule has 0 saturated carbocycles. The van der Waals surface area contributed by atoms with Gasteiger partial charge in [-0.25, -0.2) is 4.90 Å². The second-order valence-corrected chi connectivity index (χ2v) is 5.32. The number of hydrogen-bond donors (Lipinski definition) is 1. The van der Waals surface area contributed by atoms with Gasteiger partial charge in [0, 0.05) is 6.92 Å². The first-order valence-electron chi connectivity index (χ1n) is 7.17. The number of aromatic nitrogens is 2. The van der Waals surface area contributed by atoms with E-state index in [0.29, 0.717) is 22.7 Å². The number of aromatic hydroxyl groups is 1. The number of phenols is 1. The van der Waals surface area contributed by atoms with Gasteiger partial charge in [0.25, 0.3) is 17.7 Å². The minimum atomic E-state index is -0.408. The van der Waals surface area contributed by atoms with Gasteiger partial charge in [0.1, 0.15) is 5.75 Å². The van der Waals surface area contributed by atoms with Gasteiger partial charge in [-0.1, -0.05) is 12.1 Å². The minimum absolute atomic E-state index is 0.0843. The molecule has 0 fully saturated rings. The van der Waals surface area contributed by atoms with Crippen LogP contribution in [0, 0.1) is 6.92 Å². The van der Waals surface area contributed by atoms with Crippen molar-refractivity contribution in [3.8, 4) is 17.2 Å². The number of nitrogens with zero attached hydrogens (tertiary/aromatic N) is 3. The van der Waals surface area contributed by atoms with Gasteiger partial charge in [-0.3, -0.25) is 9.59 Å². The van der Waals surface area contributed by atoms with Gasteiger partial charge in [-0.15, -0.1) is 10.2 Å². The lowest BCUT2D eigenvalue weighted by molar-refractivity contribution is 0.0926. The molecule has 2 aromatic carbocycles. The van der Waals surface area contributed by atoms with Crippen LogP contribution in [-0.4, -0.2) is 27.1 Å². The Morgan fingerprint density at radius 1 is 0.958 bits per heavy atom. The first-order chi connectivity index (χ1) is 11.6. The molecule has 4 rings (SSSR count). The third-order valence-electron chi connectivity index (χ3n) is 3.79. The van der Waals surface area contributed by atoms with E-state index in [1.807, 2.05) is 0 Å². The minimum Gasteiger partial charge on any atom is -0.507 e. The lowest BCUT2D eigenvalue weighted by Crippen LogP contribution is -2.29. The highest BCUT2D eigenvalue weighted by molar-refractivity contribution is 6.34. The van der Waals surface area contributed by atoms with Crippen LogP contribution in [0.4, 0.5) is 5.69 Å². The smallest absolute Gasteiger partial charge is 0.266 e. The van der Waals surface area contributed by atoms with E-state index in [1.54, 1.807) is 31.2 Å². The molecule has 118 valence electrons. The fourth-order valence-corrected chi connectivity index (χ4v) is 2.66. The fourth-order valence-electron chi connectivity index (χ4n) is 2.66. The zero-order chi connectivity index (χ0) is 16.8. The molecule has 0 saturated heterocycles. The summed E-state index contributed by atoms with van der Waals surface area (Å²) in [6.07, 6.45) is 0. The molecule has 7 heteroatoms. The summed E-state index contributed by atoms with van der Waals surface area (Å²) in [7, 11) is 0. The van der Waals surface area contributed by atoms with Crippen LogP contribution in [0.1, 0.15) is 26.6 Å². The Kier molecular flexibility index (Phi) is 2.96. The number of amides is 2. The van der Waals surface area contributed by atoms with Gasteiger partial charge in [-0.2, -0.15) is 0 Å². The summed E-state index contributed by atoms with van der Waals surface area (Å²) in [5.74, 6) is -0.444. The van der Waals surface area contributed by atoms with Crippen molar-refractivity contribution in [2.24, 2.45) is 0 Å². The molecule has 0 spiro atoms. The molecule has 1 N–H and O–H groups in total. The van der Waals surface area contributed by atoms with Crippen LogP contribution in [0.25, 0.3) is 11.5 Å². The molecule has 3 aromatic rings. The Morgan fingerprint density at radius 3 is 2.21 bits per heavy atom. The van der Waals surface area contributed by atoms with E-state index < -0.39 is 11.8 Å². The van der Waals surface area contributed by atoms with Crippen LogP contribution >= 0.6 is 0 Å². The van der Waals surface area contributed by atoms with E-state index in [4.69, 9.17) is 4.42 Å².